The van der Waals surface area contributed by atoms with Gasteiger partial charge in [0.15, 0.2) is 0 Å². The first-order chi connectivity index (χ1) is 18.6. The van der Waals surface area contributed by atoms with E-state index in [1.807, 2.05) is 91.0 Å². The second kappa shape index (κ2) is 10.0. The van der Waals surface area contributed by atoms with E-state index < -0.39 is 12.8 Å². The van der Waals surface area contributed by atoms with Crippen LogP contribution in [-0.2, 0) is 6.54 Å². The Morgan fingerprint density at radius 3 is 2.34 bits per heavy atom. The zero-order chi connectivity index (χ0) is 26.1. The molecule has 8 heteroatoms. The SMILES string of the molecule is O=c1c(-c2ccc3ncccc3c2)c(CNC(O)CO)[nH]c2c(-c3ccccc3)c(-c3ccccc3)nn12. The topological polar surface area (TPSA) is 116 Å². The van der Waals surface area contributed by atoms with E-state index in [9.17, 15) is 15.0 Å². The van der Waals surface area contributed by atoms with E-state index in [4.69, 9.17) is 5.10 Å². The van der Waals surface area contributed by atoms with Crippen molar-refractivity contribution in [3.05, 3.63) is 113 Å². The van der Waals surface area contributed by atoms with Crippen LogP contribution in [0.4, 0.5) is 0 Å². The maximum Gasteiger partial charge on any atom is 0.282 e. The third kappa shape index (κ3) is 4.26. The number of hydrogen-bond acceptors (Lipinski definition) is 6. The van der Waals surface area contributed by atoms with Crippen LogP contribution in [0.15, 0.2) is 102 Å². The van der Waals surface area contributed by atoms with Crippen LogP contribution in [0.25, 0.3) is 50.1 Å². The highest BCUT2D eigenvalue weighted by Gasteiger charge is 2.23. The summed E-state index contributed by atoms with van der Waals surface area (Å²) in [6.45, 7) is -0.336. The molecular formula is C30H25N5O3. The lowest BCUT2D eigenvalue weighted by Crippen LogP contribution is -2.33. The molecule has 6 rings (SSSR count). The van der Waals surface area contributed by atoms with E-state index in [0.29, 0.717) is 28.2 Å². The Morgan fingerprint density at radius 1 is 0.868 bits per heavy atom. The molecule has 3 aromatic carbocycles. The van der Waals surface area contributed by atoms with E-state index in [-0.39, 0.29) is 12.1 Å². The van der Waals surface area contributed by atoms with E-state index in [0.717, 1.165) is 27.6 Å². The molecule has 0 saturated carbocycles. The predicted molar refractivity (Wildman–Crippen MR) is 147 cm³/mol. The number of benzene rings is 3. The molecule has 38 heavy (non-hydrogen) atoms. The fraction of sp³-hybridized carbons (Fsp3) is 0.100. The molecule has 0 amide bonds. The zero-order valence-electron chi connectivity index (χ0n) is 20.4. The third-order valence-corrected chi connectivity index (χ3v) is 6.55. The third-order valence-electron chi connectivity index (χ3n) is 6.55. The minimum absolute atomic E-state index is 0.119. The van der Waals surface area contributed by atoms with Crippen LogP contribution < -0.4 is 10.9 Å². The van der Waals surface area contributed by atoms with Crippen molar-refractivity contribution in [2.45, 2.75) is 12.8 Å². The standard InChI is InChI=1S/C30H25N5O3/c36-18-25(37)32-17-24-26(22-13-14-23-21(16-22)12-7-15-31-23)30(38)35-29(33-24)27(19-8-3-1-4-9-19)28(34-35)20-10-5-2-6-11-20/h1-16,25,32-33,36-37H,17-18H2. The molecule has 0 saturated heterocycles. The van der Waals surface area contributed by atoms with Gasteiger partial charge in [-0.1, -0.05) is 72.8 Å². The van der Waals surface area contributed by atoms with Gasteiger partial charge in [0, 0.05) is 29.4 Å². The van der Waals surface area contributed by atoms with E-state index in [1.165, 1.54) is 4.52 Å². The number of H-pyrrole nitrogens is 1. The Bertz CT molecular complexity index is 1800. The van der Waals surface area contributed by atoms with Gasteiger partial charge in [0.05, 0.1) is 23.3 Å². The summed E-state index contributed by atoms with van der Waals surface area (Å²) in [5.74, 6) is 0. The largest absolute Gasteiger partial charge is 0.392 e. The Kier molecular flexibility index (Phi) is 6.27. The van der Waals surface area contributed by atoms with Crippen LogP contribution >= 0.6 is 0 Å². The minimum atomic E-state index is -1.14. The molecule has 0 bridgehead atoms. The molecule has 0 aliphatic rings. The number of aliphatic hydroxyl groups is 2. The van der Waals surface area contributed by atoms with Crippen molar-refractivity contribution in [3.63, 3.8) is 0 Å². The summed E-state index contributed by atoms with van der Waals surface area (Å²) in [5.41, 5.74) is 6.03. The summed E-state index contributed by atoms with van der Waals surface area (Å²) in [4.78, 5) is 22.0. The zero-order valence-corrected chi connectivity index (χ0v) is 20.4. The number of rotatable bonds is 7. The normalized spacial score (nSPS) is 12.3. The Balaban J connectivity index is 1.65. The molecule has 4 N–H and O–H groups in total. The van der Waals surface area contributed by atoms with Crippen molar-refractivity contribution in [1.82, 2.24) is 24.9 Å². The summed E-state index contributed by atoms with van der Waals surface area (Å²) in [6.07, 6.45) is 0.591. The number of aromatic amines is 1. The monoisotopic (exact) mass is 503 g/mol. The number of aromatic nitrogens is 4. The van der Waals surface area contributed by atoms with Crippen molar-refractivity contribution < 1.29 is 10.2 Å². The molecule has 0 aliphatic carbocycles. The van der Waals surface area contributed by atoms with E-state index in [1.54, 1.807) is 6.20 Å². The average Bonchev–Trinajstić information content (AvgIpc) is 3.36. The molecule has 0 radical (unpaired) electrons. The summed E-state index contributed by atoms with van der Waals surface area (Å²) >= 11 is 0. The molecule has 8 nitrogen and oxygen atoms in total. The van der Waals surface area contributed by atoms with Gasteiger partial charge in [0.1, 0.15) is 17.6 Å². The fourth-order valence-electron chi connectivity index (χ4n) is 4.74. The lowest BCUT2D eigenvalue weighted by molar-refractivity contribution is 0.0663. The number of nitrogens with zero attached hydrogens (tertiary/aromatic N) is 3. The lowest BCUT2D eigenvalue weighted by Gasteiger charge is -2.15. The molecule has 0 spiro atoms. The second-order valence-electron chi connectivity index (χ2n) is 8.99. The molecule has 6 aromatic rings. The Labute approximate surface area is 217 Å². The van der Waals surface area contributed by atoms with Gasteiger partial charge in [-0.05, 0) is 29.3 Å². The second-order valence-corrected chi connectivity index (χ2v) is 8.99. The maximum atomic E-state index is 14.2. The van der Waals surface area contributed by atoms with Crippen LogP contribution in [0, 0.1) is 0 Å². The van der Waals surface area contributed by atoms with Gasteiger partial charge < -0.3 is 15.2 Å². The number of hydrogen-bond donors (Lipinski definition) is 4. The number of nitrogens with one attached hydrogen (secondary N) is 2. The molecule has 1 unspecified atom stereocenters. The first-order valence-corrected chi connectivity index (χ1v) is 12.3. The van der Waals surface area contributed by atoms with Gasteiger partial charge in [0.2, 0.25) is 0 Å². The minimum Gasteiger partial charge on any atom is -0.392 e. The summed E-state index contributed by atoms with van der Waals surface area (Å²) < 4.78 is 1.42. The highest BCUT2D eigenvalue weighted by Crippen LogP contribution is 2.35. The van der Waals surface area contributed by atoms with Gasteiger partial charge in [-0.15, -0.1) is 0 Å². The predicted octanol–water partition coefficient (Wildman–Crippen LogP) is 3.97. The Morgan fingerprint density at radius 2 is 1.61 bits per heavy atom. The number of fused-ring (bicyclic) bond motifs is 2. The Hall–Kier alpha value is -4.63. The summed E-state index contributed by atoms with van der Waals surface area (Å²) in [7, 11) is 0. The highest BCUT2D eigenvalue weighted by molar-refractivity contribution is 5.91. The smallest absolute Gasteiger partial charge is 0.282 e. The van der Waals surface area contributed by atoms with Crippen LogP contribution in [-0.4, -0.2) is 42.6 Å². The van der Waals surface area contributed by atoms with E-state index >= 15 is 0 Å². The molecule has 0 fully saturated rings. The highest BCUT2D eigenvalue weighted by atomic mass is 16.3. The van der Waals surface area contributed by atoms with Gasteiger partial charge in [-0.25, -0.2) is 0 Å². The quantitative estimate of drug-likeness (QED) is 0.245. The van der Waals surface area contributed by atoms with Crippen molar-refractivity contribution in [1.29, 1.82) is 0 Å². The molecule has 188 valence electrons. The van der Waals surface area contributed by atoms with Crippen molar-refractivity contribution >= 4 is 16.6 Å². The first kappa shape index (κ1) is 23.7. The van der Waals surface area contributed by atoms with E-state index in [2.05, 4.69) is 15.3 Å². The van der Waals surface area contributed by atoms with Crippen molar-refractivity contribution in [2.24, 2.45) is 0 Å². The van der Waals surface area contributed by atoms with Gasteiger partial charge in [-0.3, -0.25) is 15.1 Å². The van der Waals surface area contributed by atoms with Crippen LogP contribution in [0.2, 0.25) is 0 Å². The fourth-order valence-corrected chi connectivity index (χ4v) is 4.74. The lowest BCUT2D eigenvalue weighted by atomic mass is 10.0. The van der Waals surface area contributed by atoms with Gasteiger partial charge in [0.25, 0.3) is 5.56 Å². The van der Waals surface area contributed by atoms with Crippen LogP contribution in [0.3, 0.4) is 0 Å². The first-order valence-electron chi connectivity index (χ1n) is 12.3. The van der Waals surface area contributed by atoms with Crippen molar-refractivity contribution in [3.8, 4) is 33.5 Å². The molecule has 0 aliphatic heterocycles. The summed E-state index contributed by atoms with van der Waals surface area (Å²) in [6, 6.07) is 29.0. The van der Waals surface area contributed by atoms with Crippen LogP contribution in [0.5, 0.6) is 0 Å². The van der Waals surface area contributed by atoms with Crippen molar-refractivity contribution in [2.75, 3.05) is 6.61 Å². The molecule has 1 atom stereocenters. The van der Waals surface area contributed by atoms with Gasteiger partial charge >= 0.3 is 0 Å². The summed E-state index contributed by atoms with van der Waals surface area (Å²) in [5, 5.41) is 28.0. The van der Waals surface area contributed by atoms with Gasteiger partial charge in [-0.2, -0.15) is 9.61 Å². The molecular weight excluding hydrogens is 478 g/mol. The molecule has 3 aromatic heterocycles. The molecule has 3 heterocycles. The number of aliphatic hydroxyl groups excluding tert-OH is 2. The maximum absolute atomic E-state index is 14.2. The average molecular weight is 504 g/mol. The van der Waals surface area contributed by atoms with Crippen LogP contribution in [0.1, 0.15) is 5.69 Å². The number of pyridine rings is 1.